The summed E-state index contributed by atoms with van der Waals surface area (Å²) >= 11 is 0. The van der Waals surface area contributed by atoms with E-state index in [4.69, 9.17) is 10.2 Å². The van der Waals surface area contributed by atoms with Crippen molar-refractivity contribution in [3.63, 3.8) is 0 Å². The first-order valence-corrected chi connectivity index (χ1v) is 5.70. The third-order valence-corrected chi connectivity index (χ3v) is 2.47. The molecule has 0 saturated carbocycles. The Labute approximate surface area is 113 Å². The normalized spacial score (nSPS) is 10.7. The largest absolute Gasteiger partial charge is 0.480 e. The number of hydrogen-bond donors (Lipinski definition) is 2. The zero-order valence-electron chi connectivity index (χ0n) is 10.5. The fraction of sp³-hybridized carbons (Fsp3) is 0.500. The first-order valence-electron chi connectivity index (χ1n) is 5.70. The van der Waals surface area contributed by atoms with Crippen LogP contribution in [-0.2, 0) is 16.1 Å². The summed E-state index contributed by atoms with van der Waals surface area (Å²) < 4.78 is 1.32. The van der Waals surface area contributed by atoms with Crippen LogP contribution in [0.15, 0.2) is 12.5 Å². The van der Waals surface area contributed by atoms with Gasteiger partial charge in [0.1, 0.15) is 6.20 Å². The fourth-order valence-electron chi connectivity index (χ4n) is 1.70. The molecule has 0 bridgehead atoms. The lowest BCUT2D eigenvalue weighted by Crippen LogP contribution is -2.35. The third-order valence-electron chi connectivity index (χ3n) is 2.47. The summed E-state index contributed by atoms with van der Waals surface area (Å²) in [4.78, 5) is 36.2. The van der Waals surface area contributed by atoms with E-state index in [1.54, 1.807) is 0 Å². The monoisotopic (exact) mass is 286 g/mol. The number of nitrogens with zero attached hydrogens (tertiary/aromatic N) is 4. The predicted molar refractivity (Wildman–Crippen MR) is 65.2 cm³/mol. The van der Waals surface area contributed by atoms with Gasteiger partial charge in [-0.2, -0.15) is 0 Å². The van der Waals surface area contributed by atoms with Gasteiger partial charge in [-0.05, 0) is 11.3 Å². The van der Waals surface area contributed by atoms with E-state index in [9.17, 15) is 19.7 Å². The molecule has 1 heterocycles. The van der Waals surface area contributed by atoms with Crippen molar-refractivity contribution in [1.82, 2.24) is 14.5 Å². The Morgan fingerprint density at radius 2 is 1.95 bits per heavy atom. The quantitative estimate of drug-likeness (QED) is 0.464. The van der Waals surface area contributed by atoms with Gasteiger partial charge in [-0.15, -0.1) is 0 Å². The van der Waals surface area contributed by atoms with Gasteiger partial charge >= 0.3 is 17.8 Å². The van der Waals surface area contributed by atoms with Crippen molar-refractivity contribution in [2.45, 2.75) is 13.0 Å². The Balaban J connectivity index is 2.51. The van der Waals surface area contributed by atoms with Crippen LogP contribution in [0.3, 0.4) is 0 Å². The zero-order chi connectivity index (χ0) is 15.1. The number of nitro groups is 1. The first-order chi connectivity index (χ1) is 9.40. The molecule has 0 aliphatic carbocycles. The Hall–Kier alpha value is -2.49. The van der Waals surface area contributed by atoms with Crippen LogP contribution in [0.4, 0.5) is 5.82 Å². The summed E-state index contributed by atoms with van der Waals surface area (Å²) in [6.07, 6.45) is 2.79. The number of hydrogen-bond acceptors (Lipinski definition) is 6. The molecule has 0 atom stereocenters. The number of carbonyl (C=O) groups is 2. The zero-order valence-corrected chi connectivity index (χ0v) is 10.5. The maximum Gasteiger partial charge on any atom is 0.342 e. The molecular formula is C10H14N4O6. The maximum atomic E-state index is 10.6. The van der Waals surface area contributed by atoms with Gasteiger partial charge in [0.15, 0.2) is 6.33 Å². The molecule has 1 aromatic heterocycles. The molecule has 10 nitrogen and oxygen atoms in total. The summed E-state index contributed by atoms with van der Waals surface area (Å²) in [6, 6.07) is 0. The van der Waals surface area contributed by atoms with Gasteiger partial charge in [0.25, 0.3) is 0 Å². The second-order valence-corrected chi connectivity index (χ2v) is 4.05. The smallest absolute Gasteiger partial charge is 0.342 e. The molecule has 0 saturated heterocycles. The van der Waals surface area contributed by atoms with Gasteiger partial charge in [0.2, 0.25) is 0 Å². The second kappa shape index (κ2) is 7.19. The van der Waals surface area contributed by atoms with Crippen molar-refractivity contribution in [2.75, 3.05) is 19.6 Å². The molecule has 20 heavy (non-hydrogen) atoms. The summed E-state index contributed by atoms with van der Waals surface area (Å²) in [6.45, 7) is -0.323. The molecule has 1 rings (SSSR count). The molecule has 0 aliphatic heterocycles. The van der Waals surface area contributed by atoms with E-state index in [2.05, 4.69) is 4.98 Å². The molecule has 0 radical (unpaired) electrons. The molecule has 0 unspecified atom stereocenters. The highest BCUT2D eigenvalue weighted by atomic mass is 16.6. The van der Waals surface area contributed by atoms with Gasteiger partial charge in [0.05, 0.1) is 19.6 Å². The highest BCUT2D eigenvalue weighted by molar-refractivity contribution is 5.72. The highest BCUT2D eigenvalue weighted by Gasteiger charge is 2.16. The van der Waals surface area contributed by atoms with Gasteiger partial charge in [-0.3, -0.25) is 14.5 Å². The average Bonchev–Trinajstić information content (AvgIpc) is 2.75. The number of aryl methyl sites for hydroxylation is 1. The number of rotatable bonds is 9. The molecule has 0 aromatic carbocycles. The van der Waals surface area contributed by atoms with E-state index < -0.39 is 30.0 Å². The van der Waals surface area contributed by atoms with Crippen molar-refractivity contribution >= 4 is 17.8 Å². The van der Waals surface area contributed by atoms with E-state index in [1.165, 1.54) is 15.8 Å². The topological polar surface area (TPSA) is 139 Å². The van der Waals surface area contributed by atoms with E-state index >= 15 is 0 Å². The Morgan fingerprint density at radius 1 is 1.35 bits per heavy atom. The number of imidazole rings is 1. The van der Waals surface area contributed by atoms with E-state index in [0.29, 0.717) is 6.42 Å². The molecule has 0 spiro atoms. The molecule has 0 aliphatic rings. The molecule has 2 N–H and O–H groups in total. The lowest BCUT2D eigenvalue weighted by atomic mass is 10.3. The molecule has 0 fully saturated rings. The summed E-state index contributed by atoms with van der Waals surface area (Å²) in [7, 11) is 0. The van der Waals surface area contributed by atoms with E-state index in [1.807, 2.05) is 0 Å². The minimum Gasteiger partial charge on any atom is -0.480 e. The van der Waals surface area contributed by atoms with Gasteiger partial charge < -0.3 is 20.3 Å². The third kappa shape index (κ3) is 5.02. The average molecular weight is 286 g/mol. The number of aliphatic carboxylic acids is 2. The Kier molecular flexibility index (Phi) is 5.59. The number of aromatic nitrogens is 2. The van der Waals surface area contributed by atoms with Crippen LogP contribution in [0, 0.1) is 10.1 Å². The standard InChI is InChI=1S/C10H14N4O6/c15-9(16)5-12(6-10(17)18)2-1-3-13-7-11-4-8(13)14(19)20/h4,7H,1-3,5-6H2,(H,15,16)(H,17,18). The van der Waals surface area contributed by atoms with Crippen LogP contribution in [0.1, 0.15) is 6.42 Å². The number of carboxylic acids is 2. The van der Waals surface area contributed by atoms with Crippen molar-refractivity contribution < 1.29 is 24.7 Å². The van der Waals surface area contributed by atoms with Crippen molar-refractivity contribution in [1.29, 1.82) is 0 Å². The Bertz CT molecular complexity index is 484. The van der Waals surface area contributed by atoms with Crippen LogP contribution in [-0.4, -0.2) is 61.2 Å². The minimum absolute atomic E-state index is 0.159. The summed E-state index contributed by atoms with van der Waals surface area (Å²) in [5, 5.41) is 28.0. The summed E-state index contributed by atoms with van der Waals surface area (Å²) in [5.74, 6) is -2.41. The first kappa shape index (κ1) is 15.6. The van der Waals surface area contributed by atoms with Crippen LogP contribution in [0.5, 0.6) is 0 Å². The van der Waals surface area contributed by atoms with E-state index in [0.717, 1.165) is 6.20 Å². The SMILES string of the molecule is O=C(O)CN(CCCn1cncc1[N+](=O)[O-])CC(=O)O. The van der Waals surface area contributed by atoms with E-state index in [-0.39, 0.29) is 18.9 Å². The fourth-order valence-corrected chi connectivity index (χ4v) is 1.70. The van der Waals surface area contributed by atoms with Crippen LogP contribution in [0.2, 0.25) is 0 Å². The molecule has 110 valence electrons. The molecule has 1 aromatic rings. The number of carboxylic acid groups (broad SMARTS) is 2. The Morgan fingerprint density at radius 3 is 2.45 bits per heavy atom. The second-order valence-electron chi connectivity index (χ2n) is 4.05. The van der Waals surface area contributed by atoms with Crippen molar-refractivity contribution in [3.05, 3.63) is 22.6 Å². The van der Waals surface area contributed by atoms with Crippen molar-refractivity contribution in [3.8, 4) is 0 Å². The lowest BCUT2D eigenvalue weighted by Gasteiger charge is -2.17. The maximum absolute atomic E-state index is 10.6. The summed E-state index contributed by atoms with van der Waals surface area (Å²) in [5.41, 5.74) is 0. The molecule has 10 heteroatoms. The molecular weight excluding hydrogens is 272 g/mol. The van der Waals surface area contributed by atoms with Crippen LogP contribution < -0.4 is 0 Å². The molecule has 0 amide bonds. The van der Waals surface area contributed by atoms with Gasteiger partial charge in [0, 0.05) is 6.54 Å². The highest BCUT2D eigenvalue weighted by Crippen LogP contribution is 2.10. The van der Waals surface area contributed by atoms with Gasteiger partial charge in [-0.1, -0.05) is 0 Å². The van der Waals surface area contributed by atoms with Crippen LogP contribution >= 0.6 is 0 Å². The lowest BCUT2D eigenvalue weighted by molar-refractivity contribution is -0.392. The van der Waals surface area contributed by atoms with Crippen molar-refractivity contribution in [2.24, 2.45) is 0 Å². The predicted octanol–water partition coefficient (Wildman–Crippen LogP) is -0.347. The van der Waals surface area contributed by atoms with Crippen LogP contribution in [0.25, 0.3) is 0 Å². The van der Waals surface area contributed by atoms with Gasteiger partial charge in [-0.25, -0.2) is 9.55 Å². The minimum atomic E-state index is -1.13.